The van der Waals surface area contributed by atoms with Gasteiger partial charge in [0.2, 0.25) is 5.91 Å². The average molecular weight is 345 g/mol. The summed E-state index contributed by atoms with van der Waals surface area (Å²) in [4.78, 5) is 14.1. The van der Waals surface area contributed by atoms with Gasteiger partial charge in [-0.25, -0.2) is 8.42 Å². The summed E-state index contributed by atoms with van der Waals surface area (Å²) in [7, 11) is -1.54. The van der Waals surface area contributed by atoms with Crippen molar-refractivity contribution in [2.75, 3.05) is 26.7 Å². The topological polar surface area (TPSA) is 57.7 Å². The second-order valence-corrected chi connectivity index (χ2v) is 8.84. The number of rotatable bonds is 6. The lowest BCUT2D eigenvalue weighted by Gasteiger charge is -2.32. The van der Waals surface area contributed by atoms with Crippen LogP contribution < -0.4 is 0 Å². The molecule has 2 heterocycles. The Morgan fingerprint density at radius 3 is 2.64 bits per heavy atom. The number of piperidine rings is 1. The van der Waals surface area contributed by atoms with Crippen molar-refractivity contribution >= 4 is 27.3 Å². The van der Waals surface area contributed by atoms with Crippen LogP contribution in [0.25, 0.3) is 0 Å². The van der Waals surface area contributed by atoms with Gasteiger partial charge in [-0.2, -0.15) is 4.31 Å². The van der Waals surface area contributed by atoms with Gasteiger partial charge in [0.1, 0.15) is 4.21 Å². The summed E-state index contributed by atoms with van der Waals surface area (Å²) in [6.07, 6.45) is 3.29. The quantitative estimate of drug-likeness (QED) is 0.796. The molecular formula is C15H24N2O3S2. The zero-order valence-electron chi connectivity index (χ0n) is 13.2. The van der Waals surface area contributed by atoms with E-state index in [0.29, 0.717) is 30.1 Å². The Bertz CT molecular complexity index is 576. The Balaban J connectivity index is 1.92. The van der Waals surface area contributed by atoms with Crippen LogP contribution in [0, 0.1) is 5.92 Å². The average Bonchev–Trinajstić information content (AvgIpc) is 3.07. The highest BCUT2D eigenvalue weighted by molar-refractivity contribution is 7.91. The first-order valence-corrected chi connectivity index (χ1v) is 10.1. The third-order valence-corrected chi connectivity index (χ3v) is 7.39. The Morgan fingerprint density at radius 2 is 2.09 bits per heavy atom. The number of hydrogen-bond donors (Lipinski definition) is 0. The summed E-state index contributed by atoms with van der Waals surface area (Å²) < 4.78 is 26.8. The second-order valence-electron chi connectivity index (χ2n) is 5.72. The number of nitrogens with zero attached hydrogens (tertiary/aromatic N) is 2. The van der Waals surface area contributed by atoms with Gasteiger partial charge in [-0.1, -0.05) is 19.4 Å². The Kier molecular flexibility index (Phi) is 6.00. The number of carbonyl (C=O) groups excluding carboxylic acids is 1. The normalized spacial score (nSPS) is 17.5. The molecule has 0 unspecified atom stereocenters. The van der Waals surface area contributed by atoms with Crippen molar-refractivity contribution in [3.63, 3.8) is 0 Å². The van der Waals surface area contributed by atoms with E-state index in [4.69, 9.17) is 0 Å². The molecule has 0 radical (unpaired) electrons. The molecule has 0 bridgehead atoms. The Morgan fingerprint density at radius 1 is 1.41 bits per heavy atom. The van der Waals surface area contributed by atoms with Crippen molar-refractivity contribution in [2.45, 2.75) is 36.8 Å². The predicted molar refractivity (Wildman–Crippen MR) is 88.3 cm³/mol. The molecule has 1 aromatic rings. The molecule has 22 heavy (non-hydrogen) atoms. The number of unbranched alkanes of at least 4 members (excludes halogenated alkanes) is 1. The van der Waals surface area contributed by atoms with Crippen molar-refractivity contribution in [3.8, 4) is 0 Å². The molecule has 1 amide bonds. The Hall–Kier alpha value is -0.920. The molecule has 1 aliphatic heterocycles. The van der Waals surface area contributed by atoms with E-state index >= 15 is 0 Å². The molecule has 1 aliphatic rings. The highest BCUT2D eigenvalue weighted by atomic mass is 32.2. The van der Waals surface area contributed by atoms with Crippen LogP contribution in [0.1, 0.15) is 32.6 Å². The first-order chi connectivity index (χ1) is 10.5. The van der Waals surface area contributed by atoms with Crippen molar-refractivity contribution in [3.05, 3.63) is 17.5 Å². The van der Waals surface area contributed by atoms with E-state index in [0.717, 1.165) is 19.4 Å². The largest absolute Gasteiger partial charge is 0.346 e. The molecule has 0 saturated carbocycles. The van der Waals surface area contributed by atoms with Crippen molar-refractivity contribution < 1.29 is 13.2 Å². The SMILES string of the molecule is CCCCN(C)C(=O)C1CCN(S(=O)(=O)c2cccs2)CC1. The molecule has 7 heteroatoms. The van der Waals surface area contributed by atoms with E-state index in [9.17, 15) is 13.2 Å². The summed E-state index contributed by atoms with van der Waals surface area (Å²) in [6, 6.07) is 3.38. The molecule has 124 valence electrons. The van der Waals surface area contributed by atoms with E-state index in [1.54, 1.807) is 22.4 Å². The smallest absolute Gasteiger partial charge is 0.252 e. The fraction of sp³-hybridized carbons (Fsp3) is 0.667. The molecule has 0 aliphatic carbocycles. The van der Waals surface area contributed by atoms with Gasteiger partial charge in [-0.3, -0.25) is 4.79 Å². The molecule has 0 atom stereocenters. The summed E-state index contributed by atoms with van der Waals surface area (Å²) in [5.41, 5.74) is 0. The number of amides is 1. The Labute approximate surface area is 137 Å². The number of carbonyl (C=O) groups is 1. The van der Waals surface area contributed by atoms with Gasteiger partial charge in [-0.15, -0.1) is 11.3 Å². The van der Waals surface area contributed by atoms with Crippen molar-refractivity contribution in [1.29, 1.82) is 0 Å². The lowest BCUT2D eigenvalue weighted by molar-refractivity contribution is -0.135. The molecular weight excluding hydrogens is 320 g/mol. The van der Waals surface area contributed by atoms with E-state index in [2.05, 4.69) is 6.92 Å². The van der Waals surface area contributed by atoms with Crippen LogP contribution >= 0.6 is 11.3 Å². The minimum Gasteiger partial charge on any atom is -0.346 e. The highest BCUT2D eigenvalue weighted by Crippen LogP contribution is 2.27. The molecule has 1 fully saturated rings. The van der Waals surface area contributed by atoms with E-state index in [-0.39, 0.29) is 11.8 Å². The lowest BCUT2D eigenvalue weighted by atomic mass is 9.96. The molecule has 0 aromatic carbocycles. The van der Waals surface area contributed by atoms with Gasteiger partial charge in [0.05, 0.1) is 0 Å². The maximum absolute atomic E-state index is 12.4. The maximum Gasteiger partial charge on any atom is 0.252 e. The summed E-state index contributed by atoms with van der Waals surface area (Å²) >= 11 is 1.24. The predicted octanol–water partition coefficient (Wildman–Crippen LogP) is 2.41. The van der Waals surface area contributed by atoms with Crippen LogP contribution in [0.5, 0.6) is 0 Å². The van der Waals surface area contributed by atoms with E-state index in [1.807, 2.05) is 7.05 Å². The van der Waals surface area contributed by atoms with Crippen LogP contribution in [0.3, 0.4) is 0 Å². The van der Waals surface area contributed by atoms with Crippen molar-refractivity contribution in [2.24, 2.45) is 5.92 Å². The standard InChI is InChI=1S/C15H24N2O3S2/c1-3-4-9-16(2)15(18)13-7-10-17(11-8-13)22(19,20)14-6-5-12-21-14/h5-6,12-13H,3-4,7-11H2,1-2H3. The van der Waals surface area contributed by atoms with Crippen LogP contribution in [0.4, 0.5) is 0 Å². The molecule has 2 rings (SSSR count). The van der Waals surface area contributed by atoms with Crippen molar-refractivity contribution in [1.82, 2.24) is 9.21 Å². The summed E-state index contributed by atoms with van der Waals surface area (Å²) in [6.45, 7) is 3.74. The fourth-order valence-electron chi connectivity index (χ4n) is 2.70. The fourth-order valence-corrected chi connectivity index (χ4v) is 5.31. The van der Waals surface area contributed by atoms with Crippen LogP contribution in [-0.2, 0) is 14.8 Å². The zero-order valence-corrected chi connectivity index (χ0v) is 14.8. The van der Waals surface area contributed by atoms with Gasteiger partial charge < -0.3 is 4.90 Å². The molecule has 0 N–H and O–H groups in total. The minimum absolute atomic E-state index is 0.0448. The van der Waals surface area contributed by atoms with E-state index < -0.39 is 10.0 Å². The molecule has 1 saturated heterocycles. The monoisotopic (exact) mass is 344 g/mol. The van der Waals surface area contributed by atoms with Crippen LogP contribution in [0.15, 0.2) is 21.7 Å². The maximum atomic E-state index is 12.4. The molecule has 0 spiro atoms. The van der Waals surface area contributed by atoms with Gasteiger partial charge in [0.15, 0.2) is 0 Å². The van der Waals surface area contributed by atoms with Crippen LogP contribution in [-0.4, -0.2) is 50.2 Å². The number of thiophene rings is 1. The van der Waals surface area contributed by atoms with E-state index in [1.165, 1.54) is 15.6 Å². The van der Waals surface area contributed by atoms with Gasteiger partial charge in [0, 0.05) is 32.6 Å². The molecule has 1 aromatic heterocycles. The summed E-state index contributed by atoms with van der Waals surface area (Å²) in [5, 5.41) is 1.77. The number of hydrogen-bond acceptors (Lipinski definition) is 4. The van der Waals surface area contributed by atoms with Gasteiger partial charge in [-0.05, 0) is 30.7 Å². The third-order valence-electron chi connectivity index (χ3n) is 4.12. The first kappa shape index (κ1) is 17.4. The first-order valence-electron chi connectivity index (χ1n) is 7.75. The lowest BCUT2D eigenvalue weighted by Crippen LogP contribution is -2.43. The summed E-state index contributed by atoms with van der Waals surface area (Å²) in [5.74, 6) is 0.110. The van der Waals surface area contributed by atoms with Crippen LogP contribution in [0.2, 0.25) is 0 Å². The van der Waals surface area contributed by atoms with Gasteiger partial charge >= 0.3 is 0 Å². The molecule has 5 nitrogen and oxygen atoms in total. The zero-order chi connectivity index (χ0) is 16.2. The number of sulfonamides is 1. The van der Waals surface area contributed by atoms with Gasteiger partial charge in [0.25, 0.3) is 10.0 Å². The third kappa shape index (κ3) is 3.88. The highest BCUT2D eigenvalue weighted by Gasteiger charge is 2.33. The minimum atomic E-state index is -3.38. The second kappa shape index (κ2) is 7.57.